The van der Waals surface area contributed by atoms with E-state index >= 15 is 0 Å². The van der Waals surface area contributed by atoms with E-state index in [9.17, 15) is 0 Å². The molecular formula is C14H18NOY-. The number of rotatable bonds is 2. The molecule has 1 heterocycles. The molecule has 89 valence electrons. The van der Waals surface area contributed by atoms with Gasteiger partial charge in [-0.25, -0.2) is 0 Å². The van der Waals surface area contributed by atoms with Gasteiger partial charge in [-0.1, -0.05) is 20.0 Å². The molecule has 1 rings (SSSR count). The first-order valence-corrected chi connectivity index (χ1v) is 5.46. The van der Waals surface area contributed by atoms with Crippen molar-refractivity contribution in [3.05, 3.63) is 29.6 Å². The standard InChI is InChI=1S/C14H18NO.Y/c1-11(2)12-5-6-13(15-9-12)7-8-14(3,4)10-16;/h6,9,11,16H,10H2,1-4H3;/q-1;. The predicted molar refractivity (Wildman–Crippen MR) is 64.9 cm³/mol. The molecule has 2 nitrogen and oxygen atoms in total. The average Bonchev–Trinajstić information content (AvgIpc) is 2.27. The molecule has 1 aromatic heterocycles. The number of aromatic nitrogens is 1. The van der Waals surface area contributed by atoms with Crippen LogP contribution < -0.4 is 0 Å². The maximum Gasteiger partial charge on any atom is 0.0591 e. The van der Waals surface area contributed by atoms with Gasteiger partial charge < -0.3 is 10.1 Å². The van der Waals surface area contributed by atoms with E-state index in [4.69, 9.17) is 5.11 Å². The smallest absolute Gasteiger partial charge is 0.0591 e. The molecule has 0 unspecified atom stereocenters. The van der Waals surface area contributed by atoms with Crippen molar-refractivity contribution in [3.8, 4) is 11.8 Å². The van der Waals surface area contributed by atoms with E-state index in [-0.39, 0.29) is 44.7 Å². The summed E-state index contributed by atoms with van der Waals surface area (Å²) in [4.78, 5) is 4.25. The molecule has 17 heavy (non-hydrogen) atoms. The summed E-state index contributed by atoms with van der Waals surface area (Å²) in [5, 5.41) is 9.06. The van der Waals surface area contributed by atoms with Gasteiger partial charge in [0.1, 0.15) is 0 Å². The second-order valence-corrected chi connectivity index (χ2v) is 4.83. The maximum atomic E-state index is 9.06. The summed E-state index contributed by atoms with van der Waals surface area (Å²) in [6.45, 7) is 8.05. The number of hydrogen-bond acceptors (Lipinski definition) is 2. The van der Waals surface area contributed by atoms with Crippen LogP contribution in [-0.4, -0.2) is 16.7 Å². The molecule has 1 aromatic rings. The normalized spacial score (nSPS) is 10.5. The zero-order valence-electron chi connectivity index (χ0n) is 10.9. The summed E-state index contributed by atoms with van der Waals surface area (Å²) >= 11 is 0. The summed E-state index contributed by atoms with van der Waals surface area (Å²) < 4.78 is 0. The second-order valence-electron chi connectivity index (χ2n) is 4.83. The molecule has 0 spiro atoms. The minimum Gasteiger partial charge on any atom is -0.395 e. The van der Waals surface area contributed by atoms with E-state index in [0.717, 1.165) is 5.56 Å². The van der Waals surface area contributed by atoms with Crippen LogP contribution in [-0.2, 0) is 32.7 Å². The van der Waals surface area contributed by atoms with Crippen LogP contribution in [0, 0.1) is 23.3 Å². The summed E-state index contributed by atoms with van der Waals surface area (Å²) in [5.41, 5.74) is 1.41. The molecule has 0 bridgehead atoms. The van der Waals surface area contributed by atoms with Gasteiger partial charge in [-0.2, -0.15) is 6.07 Å². The maximum absolute atomic E-state index is 9.06. The van der Waals surface area contributed by atoms with Crippen LogP contribution in [0.4, 0.5) is 0 Å². The van der Waals surface area contributed by atoms with Crippen molar-refractivity contribution >= 4 is 0 Å². The molecule has 3 heteroatoms. The first-order chi connectivity index (χ1) is 7.44. The second kappa shape index (κ2) is 7.26. The number of nitrogens with zero attached hydrogens (tertiary/aromatic N) is 1. The van der Waals surface area contributed by atoms with Gasteiger partial charge >= 0.3 is 0 Å². The predicted octanol–water partition coefficient (Wildman–Crippen LogP) is 2.37. The first-order valence-electron chi connectivity index (χ1n) is 5.46. The molecule has 1 N–H and O–H groups in total. The van der Waals surface area contributed by atoms with Crippen molar-refractivity contribution < 1.29 is 37.8 Å². The fourth-order valence-corrected chi connectivity index (χ4v) is 1.02. The first kappa shape index (κ1) is 16.8. The van der Waals surface area contributed by atoms with E-state index in [0.29, 0.717) is 11.6 Å². The molecule has 0 aliphatic heterocycles. The van der Waals surface area contributed by atoms with Crippen LogP contribution in [0.5, 0.6) is 0 Å². The van der Waals surface area contributed by atoms with E-state index in [1.165, 1.54) is 0 Å². The largest absolute Gasteiger partial charge is 0.395 e. The van der Waals surface area contributed by atoms with Gasteiger partial charge in [-0.05, 0) is 25.5 Å². The molecule has 1 radical (unpaired) electrons. The van der Waals surface area contributed by atoms with Crippen LogP contribution in [0.15, 0.2) is 12.3 Å². The third-order valence-electron chi connectivity index (χ3n) is 2.26. The monoisotopic (exact) mass is 305 g/mol. The molecule has 0 atom stereocenters. The third kappa shape index (κ3) is 5.77. The van der Waals surface area contributed by atoms with Crippen LogP contribution >= 0.6 is 0 Å². The quantitative estimate of drug-likeness (QED) is 0.672. The minimum absolute atomic E-state index is 0. The fourth-order valence-electron chi connectivity index (χ4n) is 1.02. The van der Waals surface area contributed by atoms with Gasteiger partial charge in [0.2, 0.25) is 0 Å². The molecular weight excluding hydrogens is 287 g/mol. The molecule has 0 saturated heterocycles. The minimum atomic E-state index is -0.377. The Balaban J connectivity index is 0.00000256. The van der Waals surface area contributed by atoms with Gasteiger partial charge in [0, 0.05) is 38.1 Å². The van der Waals surface area contributed by atoms with Gasteiger partial charge in [0.05, 0.1) is 6.61 Å². The Bertz CT molecular complexity index is 398. The molecule has 0 amide bonds. The van der Waals surface area contributed by atoms with Crippen LogP contribution in [0.2, 0.25) is 0 Å². The molecule has 0 fully saturated rings. The number of pyridine rings is 1. The van der Waals surface area contributed by atoms with Crippen molar-refractivity contribution in [2.75, 3.05) is 6.61 Å². The number of aliphatic hydroxyl groups excluding tert-OH is 1. The van der Waals surface area contributed by atoms with Crippen molar-refractivity contribution in [2.45, 2.75) is 33.6 Å². The molecule has 0 aliphatic carbocycles. The van der Waals surface area contributed by atoms with Crippen molar-refractivity contribution in [1.82, 2.24) is 4.98 Å². The Kier molecular flexibility index (Phi) is 7.17. The summed E-state index contributed by atoms with van der Waals surface area (Å²) in [6.07, 6.45) is 1.81. The zero-order chi connectivity index (χ0) is 12.2. The van der Waals surface area contributed by atoms with Gasteiger partial charge in [0.25, 0.3) is 0 Å². The Hall–Kier alpha value is -0.226. The SMILES string of the molecule is CC(C)c1[c-]cc(C#CC(C)(C)CO)nc1.[Y]. The molecule has 0 aliphatic rings. The zero-order valence-corrected chi connectivity index (χ0v) is 13.7. The Morgan fingerprint density at radius 1 is 1.47 bits per heavy atom. The number of hydrogen-bond donors (Lipinski definition) is 1. The van der Waals surface area contributed by atoms with Gasteiger partial charge in [0.15, 0.2) is 0 Å². The number of aliphatic hydroxyl groups is 1. The van der Waals surface area contributed by atoms with Crippen molar-refractivity contribution in [3.63, 3.8) is 0 Å². The van der Waals surface area contributed by atoms with E-state index in [2.05, 4.69) is 36.7 Å². The Morgan fingerprint density at radius 2 is 2.12 bits per heavy atom. The Labute approximate surface area is 129 Å². The van der Waals surface area contributed by atoms with E-state index < -0.39 is 0 Å². The van der Waals surface area contributed by atoms with Crippen molar-refractivity contribution in [1.29, 1.82) is 0 Å². The van der Waals surface area contributed by atoms with Gasteiger partial charge in [-0.15, -0.1) is 23.5 Å². The molecule has 0 aromatic carbocycles. The average molecular weight is 305 g/mol. The summed E-state index contributed by atoms with van der Waals surface area (Å²) in [6, 6.07) is 4.96. The van der Waals surface area contributed by atoms with Crippen LogP contribution in [0.3, 0.4) is 0 Å². The Morgan fingerprint density at radius 3 is 2.53 bits per heavy atom. The van der Waals surface area contributed by atoms with Crippen molar-refractivity contribution in [2.24, 2.45) is 5.41 Å². The van der Waals surface area contributed by atoms with E-state index in [1.807, 2.05) is 13.8 Å². The summed E-state index contributed by atoms with van der Waals surface area (Å²) in [7, 11) is 0. The topological polar surface area (TPSA) is 33.1 Å². The van der Waals surface area contributed by atoms with Gasteiger partial charge in [-0.3, -0.25) is 0 Å². The fraction of sp³-hybridized carbons (Fsp3) is 0.500. The van der Waals surface area contributed by atoms with Crippen LogP contribution in [0.25, 0.3) is 0 Å². The van der Waals surface area contributed by atoms with Crippen LogP contribution in [0.1, 0.15) is 44.9 Å². The third-order valence-corrected chi connectivity index (χ3v) is 2.26. The van der Waals surface area contributed by atoms with E-state index in [1.54, 1.807) is 12.3 Å². The molecule has 0 saturated carbocycles. The summed E-state index contributed by atoms with van der Waals surface area (Å²) in [5.74, 6) is 6.37.